The summed E-state index contributed by atoms with van der Waals surface area (Å²) in [6.07, 6.45) is 0. The molecule has 1 N–H and O–H groups in total. The topological polar surface area (TPSA) is 21.3 Å². The number of nitrogens with one attached hydrogen (secondary N) is 1. The maximum atomic E-state index is 5.06. The van der Waals surface area contributed by atoms with Crippen molar-refractivity contribution in [3.63, 3.8) is 0 Å². The Kier molecular flexibility index (Phi) is 7.26. The molecule has 0 radical (unpaired) electrons. The van der Waals surface area contributed by atoms with Gasteiger partial charge in [-0.05, 0) is 48.0 Å². The minimum absolute atomic E-state index is 0.725. The highest BCUT2D eigenvalue weighted by atomic mass is 79.9. The van der Waals surface area contributed by atoms with Crippen LogP contribution >= 0.6 is 43.6 Å². The molecule has 112 valence electrons. The Balaban J connectivity index is 2.08. The lowest BCUT2D eigenvalue weighted by Gasteiger charge is -2.11. The van der Waals surface area contributed by atoms with Gasteiger partial charge in [-0.25, -0.2) is 0 Å². The molecule has 0 aromatic heterocycles. The van der Waals surface area contributed by atoms with Crippen molar-refractivity contribution in [3.8, 4) is 0 Å². The summed E-state index contributed by atoms with van der Waals surface area (Å²) in [6, 6.07) is 14.8. The van der Waals surface area contributed by atoms with Gasteiger partial charge >= 0.3 is 0 Å². The van der Waals surface area contributed by atoms with E-state index in [1.807, 2.05) is 0 Å². The molecule has 0 unspecified atom stereocenters. The average Bonchev–Trinajstić information content (AvgIpc) is 2.48. The summed E-state index contributed by atoms with van der Waals surface area (Å²) < 4.78 is 7.26. The molecule has 0 fully saturated rings. The zero-order chi connectivity index (χ0) is 15.1. The predicted octanol–water partition coefficient (Wildman–Crippen LogP) is 5.10. The van der Waals surface area contributed by atoms with Crippen molar-refractivity contribution in [3.05, 3.63) is 57.0 Å². The molecule has 2 rings (SSSR count). The molecule has 0 atom stereocenters. The van der Waals surface area contributed by atoms with Crippen molar-refractivity contribution in [2.45, 2.75) is 16.3 Å². The lowest BCUT2D eigenvalue weighted by molar-refractivity contribution is 0.199. The summed E-state index contributed by atoms with van der Waals surface area (Å²) in [7, 11) is 1.72. The van der Waals surface area contributed by atoms with Gasteiger partial charge in [0.05, 0.1) is 6.61 Å². The van der Waals surface area contributed by atoms with Crippen molar-refractivity contribution in [2.24, 2.45) is 0 Å². The quantitative estimate of drug-likeness (QED) is 0.617. The van der Waals surface area contributed by atoms with E-state index in [9.17, 15) is 0 Å². The summed E-state index contributed by atoms with van der Waals surface area (Å²) in [5.41, 5.74) is 1.29. The third kappa shape index (κ3) is 5.75. The molecule has 0 saturated carbocycles. The summed E-state index contributed by atoms with van der Waals surface area (Å²) in [6.45, 7) is 2.41. The van der Waals surface area contributed by atoms with E-state index in [-0.39, 0.29) is 0 Å². The van der Waals surface area contributed by atoms with Crippen molar-refractivity contribution < 1.29 is 4.74 Å². The highest BCUT2D eigenvalue weighted by Crippen LogP contribution is 2.32. The highest BCUT2D eigenvalue weighted by Gasteiger charge is 2.05. The lowest BCUT2D eigenvalue weighted by Crippen LogP contribution is -2.18. The fraction of sp³-hybridized carbons (Fsp3) is 0.250. The second-order valence-electron chi connectivity index (χ2n) is 4.48. The van der Waals surface area contributed by atoms with Gasteiger partial charge in [0.2, 0.25) is 0 Å². The Labute approximate surface area is 146 Å². The first-order chi connectivity index (χ1) is 10.2. The van der Waals surface area contributed by atoms with Crippen LogP contribution in [0.2, 0.25) is 0 Å². The van der Waals surface area contributed by atoms with Gasteiger partial charge in [0.25, 0.3) is 0 Å². The van der Waals surface area contributed by atoms with Crippen molar-refractivity contribution >= 4 is 43.6 Å². The van der Waals surface area contributed by atoms with Crippen molar-refractivity contribution in [1.29, 1.82) is 0 Å². The van der Waals surface area contributed by atoms with Gasteiger partial charge in [-0.1, -0.05) is 43.6 Å². The fourth-order valence-electron chi connectivity index (χ4n) is 1.81. The van der Waals surface area contributed by atoms with Crippen LogP contribution in [-0.4, -0.2) is 20.3 Å². The van der Waals surface area contributed by atoms with Gasteiger partial charge in [-0.15, -0.1) is 0 Å². The van der Waals surface area contributed by atoms with Crippen molar-refractivity contribution in [1.82, 2.24) is 5.32 Å². The van der Waals surface area contributed by atoms with E-state index in [4.69, 9.17) is 4.74 Å². The molecule has 21 heavy (non-hydrogen) atoms. The summed E-state index contributed by atoms with van der Waals surface area (Å²) in [4.78, 5) is 2.50. The number of methoxy groups -OCH3 is 1. The Hall–Kier alpha value is -0.330. The lowest BCUT2D eigenvalue weighted by atomic mass is 10.2. The number of hydrogen-bond donors (Lipinski definition) is 1. The molecular weight excluding hydrogens is 414 g/mol. The summed E-state index contributed by atoms with van der Waals surface area (Å²) in [5.74, 6) is 0. The number of benzene rings is 2. The van der Waals surface area contributed by atoms with Gasteiger partial charge in [-0.3, -0.25) is 0 Å². The van der Waals surface area contributed by atoms with Crippen LogP contribution in [0.25, 0.3) is 0 Å². The van der Waals surface area contributed by atoms with E-state index in [2.05, 4.69) is 79.6 Å². The molecule has 2 aromatic carbocycles. The van der Waals surface area contributed by atoms with Crippen LogP contribution in [0.1, 0.15) is 5.56 Å². The minimum atomic E-state index is 0.725. The zero-order valence-corrected chi connectivity index (χ0v) is 15.7. The smallest absolute Gasteiger partial charge is 0.0587 e. The zero-order valence-electron chi connectivity index (χ0n) is 11.7. The molecule has 0 heterocycles. The van der Waals surface area contributed by atoms with E-state index in [1.165, 1.54) is 15.4 Å². The summed E-state index contributed by atoms with van der Waals surface area (Å²) in [5, 5.41) is 3.40. The predicted molar refractivity (Wildman–Crippen MR) is 96.0 cm³/mol. The van der Waals surface area contributed by atoms with E-state index in [1.54, 1.807) is 18.9 Å². The van der Waals surface area contributed by atoms with E-state index >= 15 is 0 Å². The maximum absolute atomic E-state index is 5.06. The van der Waals surface area contributed by atoms with E-state index in [0.717, 1.165) is 28.6 Å². The van der Waals surface area contributed by atoms with E-state index in [0.29, 0.717) is 0 Å². The average molecular weight is 431 g/mol. The number of rotatable bonds is 7. The molecule has 2 aromatic rings. The Morgan fingerprint density at radius 2 is 1.76 bits per heavy atom. The first-order valence-electron chi connectivity index (χ1n) is 6.60. The van der Waals surface area contributed by atoms with Crippen molar-refractivity contribution in [2.75, 3.05) is 20.3 Å². The van der Waals surface area contributed by atoms with Crippen LogP contribution < -0.4 is 5.32 Å². The van der Waals surface area contributed by atoms with Gasteiger partial charge in [0, 0.05) is 38.9 Å². The van der Waals surface area contributed by atoms with Crippen LogP contribution in [0.5, 0.6) is 0 Å². The van der Waals surface area contributed by atoms with Crippen LogP contribution in [0.4, 0.5) is 0 Å². The van der Waals surface area contributed by atoms with Crippen LogP contribution in [0.15, 0.2) is 61.2 Å². The van der Waals surface area contributed by atoms with Crippen LogP contribution in [0.3, 0.4) is 0 Å². The molecule has 5 heteroatoms. The number of halogens is 2. The highest BCUT2D eigenvalue weighted by molar-refractivity contribution is 9.10. The normalized spacial score (nSPS) is 10.8. The Bertz CT molecular complexity index is 575. The molecule has 2 nitrogen and oxygen atoms in total. The first kappa shape index (κ1) is 17.0. The molecule has 0 saturated heterocycles. The SMILES string of the molecule is COCCNCc1cc(Br)ccc1Sc1ccc(Br)cc1. The first-order valence-corrected chi connectivity index (χ1v) is 9.01. The number of ether oxygens (including phenoxy) is 1. The van der Waals surface area contributed by atoms with Crippen LogP contribution in [-0.2, 0) is 11.3 Å². The fourth-order valence-corrected chi connectivity index (χ4v) is 3.41. The monoisotopic (exact) mass is 429 g/mol. The molecule has 0 bridgehead atoms. The maximum Gasteiger partial charge on any atom is 0.0587 e. The molecule has 0 aliphatic rings. The summed E-state index contributed by atoms with van der Waals surface area (Å²) >= 11 is 8.79. The van der Waals surface area contributed by atoms with Crippen LogP contribution in [0, 0.1) is 0 Å². The standard InChI is InChI=1S/C16H17Br2NOS/c1-20-9-8-19-11-12-10-14(18)4-7-16(12)21-15-5-2-13(17)3-6-15/h2-7,10,19H,8-9,11H2,1H3. The van der Waals surface area contributed by atoms with Gasteiger partial charge in [0.1, 0.15) is 0 Å². The second-order valence-corrected chi connectivity index (χ2v) is 7.42. The largest absolute Gasteiger partial charge is 0.383 e. The molecule has 0 amide bonds. The van der Waals surface area contributed by atoms with Gasteiger partial charge in [0.15, 0.2) is 0 Å². The van der Waals surface area contributed by atoms with Gasteiger partial charge in [-0.2, -0.15) is 0 Å². The Morgan fingerprint density at radius 1 is 1.05 bits per heavy atom. The molecular formula is C16H17Br2NOS. The van der Waals surface area contributed by atoms with E-state index < -0.39 is 0 Å². The van der Waals surface area contributed by atoms with Gasteiger partial charge < -0.3 is 10.1 Å². The second kappa shape index (κ2) is 8.96. The number of hydrogen-bond acceptors (Lipinski definition) is 3. The molecule has 0 aliphatic heterocycles. The minimum Gasteiger partial charge on any atom is -0.383 e. The Morgan fingerprint density at radius 3 is 2.48 bits per heavy atom. The molecule has 0 spiro atoms. The molecule has 0 aliphatic carbocycles. The third-order valence-corrected chi connectivity index (χ3v) is 5.01. The third-order valence-electron chi connectivity index (χ3n) is 2.86.